The molecule has 18 heavy (non-hydrogen) atoms. The van der Waals surface area contributed by atoms with Crippen LogP contribution in [0.4, 0.5) is 0 Å². The maximum atomic E-state index is 11.9. The van der Waals surface area contributed by atoms with Crippen LogP contribution in [0.5, 0.6) is 0 Å². The predicted octanol–water partition coefficient (Wildman–Crippen LogP) is -0.0225. The first-order valence-electron chi connectivity index (χ1n) is 4.93. The van der Waals surface area contributed by atoms with Gasteiger partial charge >= 0.3 is 0 Å². The van der Waals surface area contributed by atoms with Crippen LogP contribution in [-0.4, -0.2) is 34.7 Å². The van der Waals surface area contributed by atoms with Crippen LogP contribution in [-0.2, 0) is 23.5 Å². The number of nitrogens with one attached hydrogen (secondary N) is 1. The van der Waals surface area contributed by atoms with Gasteiger partial charge in [0.25, 0.3) is 10.0 Å². The van der Waals surface area contributed by atoms with Crippen molar-refractivity contribution in [3.63, 3.8) is 0 Å². The van der Waals surface area contributed by atoms with Gasteiger partial charge in [-0.15, -0.1) is 0 Å². The van der Waals surface area contributed by atoms with E-state index >= 15 is 0 Å². The molecule has 2 heterocycles. The van der Waals surface area contributed by atoms with Gasteiger partial charge in [-0.2, -0.15) is 4.98 Å². The molecule has 2 rings (SSSR count). The van der Waals surface area contributed by atoms with E-state index in [2.05, 4.69) is 19.8 Å². The third-order valence-corrected chi connectivity index (χ3v) is 4.08. The van der Waals surface area contributed by atoms with Crippen molar-refractivity contribution in [2.24, 2.45) is 7.05 Å². The minimum Gasteiger partial charge on any atom is -0.340 e. The Morgan fingerprint density at radius 2 is 2.28 bits per heavy atom. The van der Waals surface area contributed by atoms with E-state index in [-0.39, 0.29) is 16.7 Å². The molecule has 0 aromatic carbocycles. The molecule has 0 atom stereocenters. The molecule has 0 aliphatic rings. The van der Waals surface area contributed by atoms with Gasteiger partial charge in [0.2, 0.25) is 10.9 Å². The molecular formula is C8H10ClN5O3S. The van der Waals surface area contributed by atoms with Crippen molar-refractivity contribution in [1.29, 1.82) is 0 Å². The van der Waals surface area contributed by atoms with Gasteiger partial charge in [0.15, 0.2) is 6.33 Å². The summed E-state index contributed by atoms with van der Waals surface area (Å²) in [6.07, 6.45) is 2.87. The fourth-order valence-electron chi connectivity index (χ4n) is 1.24. The second kappa shape index (κ2) is 5.04. The van der Waals surface area contributed by atoms with Gasteiger partial charge in [-0.1, -0.05) is 16.8 Å². The Bertz CT molecular complexity index is 621. The lowest BCUT2D eigenvalue weighted by molar-refractivity contribution is 0.377. The first-order valence-corrected chi connectivity index (χ1v) is 6.79. The lowest BCUT2D eigenvalue weighted by atomic mass is 10.4. The average molecular weight is 292 g/mol. The highest BCUT2D eigenvalue weighted by molar-refractivity contribution is 7.89. The van der Waals surface area contributed by atoms with Crippen molar-refractivity contribution in [3.8, 4) is 0 Å². The van der Waals surface area contributed by atoms with Gasteiger partial charge in [-0.3, -0.25) is 0 Å². The van der Waals surface area contributed by atoms with Gasteiger partial charge in [0.05, 0.1) is 6.33 Å². The molecule has 0 unspecified atom stereocenters. The number of sulfonamides is 1. The molecule has 0 radical (unpaired) electrons. The fourth-order valence-corrected chi connectivity index (χ4v) is 2.70. The predicted molar refractivity (Wildman–Crippen MR) is 61.4 cm³/mol. The zero-order valence-corrected chi connectivity index (χ0v) is 10.9. The van der Waals surface area contributed by atoms with E-state index < -0.39 is 10.0 Å². The summed E-state index contributed by atoms with van der Waals surface area (Å²) in [6.45, 7) is 0.122. The Morgan fingerprint density at radius 1 is 1.50 bits per heavy atom. The molecule has 0 fully saturated rings. The molecule has 1 N–H and O–H groups in total. The maximum absolute atomic E-state index is 11.9. The van der Waals surface area contributed by atoms with Crippen LogP contribution in [0.25, 0.3) is 0 Å². The van der Waals surface area contributed by atoms with E-state index in [9.17, 15) is 8.42 Å². The highest BCUT2D eigenvalue weighted by atomic mass is 35.5. The zero-order valence-electron chi connectivity index (χ0n) is 9.37. The fraction of sp³-hybridized carbons (Fsp3) is 0.375. The van der Waals surface area contributed by atoms with Gasteiger partial charge in [-0.25, -0.2) is 18.1 Å². The summed E-state index contributed by atoms with van der Waals surface area (Å²) in [5.41, 5.74) is 0. The van der Waals surface area contributed by atoms with Crippen LogP contribution in [0, 0.1) is 0 Å². The van der Waals surface area contributed by atoms with Crippen molar-refractivity contribution in [3.05, 3.63) is 23.7 Å². The number of halogens is 1. The van der Waals surface area contributed by atoms with Crippen molar-refractivity contribution >= 4 is 21.6 Å². The van der Waals surface area contributed by atoms with E-state index in [0.29, 0.717) is 12.3 Å². The van der Waals surface area contributed by atoms with E-state index in [1.807, 2.05) is 0 Å². The van der Waals surface area contributed by atoms with Gasteiger partial charge in [0, 0.05) is 20.0 Å². The van der Waals surface area contributed by atoms with E-state index in [1.54, 1.807) is 7.05 Å². The first-order chi connectivity index (χ1) is 8.50. The zero-order chi connectivity index (χ0) is 13.2. The SMILES string of the molecule is Cn1cnc(S(=O)(=O)NCCc2ncno2)c1Cl. The Morgan fingerprint density at radius 3 is 2.83 bits per heavy atom. The Balaban J connectivity index is 2.02. The summed E-state index contributed by atoms with van der Waals surface area (Å²) in [5.74, 6) is 0.352. The highest BCUT2D eigenvalue weighted by Crippen LogP contribution is 2.17. The van der Waals surface area contributed by atoms with Crippen LogP contribution in [0.1, 0.15) is 5.89 Å². The van der Waals surface area contributed by atoms with E-state index in [4.69, 9.17) is 16.1 Å². The van der Waals surface area contributed by atoms with Gasteiger partial charge in [0.1, 0.15) is 5.15 Å². The Hall–Kier alpha value is -1.45. The lowest BCUT2D eigenvalue weighted by Gasteiger charge is -2.03. The minimum atomic E-state index is -3.73. The van der Waals surface area contributed by atoms with Crippen molar-refractivity contribution in [1.82, 2.24) is 24.4 Å². The number of rotatable bonds is 5. The standard InChI is InChI=1S/C8H10ClN5O3S/c1-14-5-11-8(7(14)9)18(15,16)13-3-2-6-10-4-12-17-6/h4-5,13H,2-3H2,1H3. The van der Waals surface area contributed by atoms with Crippen LogP contribution in [0.3, 0.4) is 0 Å². The summed E-state index contributed by atoms with van der Waals surface area (Å²) < 4.78 is 32.2. The van der Waals surface area contributed by atoms with E-state index in [1.165, 1.54) is 17.2 Å². The summed E-state index contributed by atoms with van der Waals surface area (Å²) in [6, 6.07) is 0. The summed E-state index contributed by atoms with van der Waals surface area (Å²) in [4.78, 5) is 7.50. The largest absolute Gasteiger partial charge is 0.340 e. The number of imidazole rings is 1. The third kappa shape index (κ3) is 2.68. The average Bonchev–Trinajstić information content (AvgIpc) is 2.91. The summed E-state index contributed by atoms with van der Waals surface area (Å²) in [5, 5.41) is 3.27. The maximum Gasteiger partial charge on any atom is 0.261 e. The molecular weight excluding hydrogens is 282 g/mol. The molecule has 0 aliphatic heterocycles. The van der Waals surface area contributed by atoms with Crippen LogP contribution in [0.15, 0.2) is 22.2 Å². The number of aromatic nitrogens is 4. The molecule has 0 saturated heterocycles. The van der Waals surface area contributed by atoms with Gasteiger partial charge < -0.3 is 9.09 Å². The number of hydrogen-bond donors (Lipinski definition) is 1. The molecule has 10 heteroatoms. The molecule has 2 aromatic heterocycles. The van der Waals surface area contributed by atoms with Crippen LogP contribution >= 0.6 is 11.6 Å². The first kappa shape index (κ1) is 13.0. The second-order valence-electron chi connectivity index (χ2n) is 3.43. The second-order valence-corrected chi connectivity index (χ2v) is 5.47. The molecule has 98 valence electrons. The van der Waals surface area contributed by atoms with Crippen LogP contribution in [0.2, 0.25) is 5.15 Å². The lowest BCUT2D eigenvalue weighted by Crippen LogP contribution is -2.26. The van der Waals surface area contributed by atoms with Crippen molar-refractivity contribution < 1.29 is 12.9 Å². The molecule has 0 spiro atoms. The number of nitrogens with zero attached hydrogens (tertiary/aromatic N) is 4. The summed E-state index contributed by atoms with van der Waals surface area (Å²) >= 11 is 5.81. The Labute approximate surface area is 108 Å². The van der Waals surface area contributed by atoms with Crippen molar-refractivity contribution in [2.45, 2.75) is 11.4 Å². The molecule has 0 amide bonds. The van der Waals surface area contributed by atoms with Crippen molar-refractivity contribution in [2.75, 3.05) is 6.54 Å². The molecule has 0 aliphatic carbocycles. The van der Waals surface area contributed by atoms with Gasteiger partial charge in [-0.05, 0) is 0 Å². The smallest absolute Gasteiger partial charge is 0.261 e. The summed E-state index contributed by atoms with van der Waals surface area (Å²) in [7, 11) is -2.12. The molecule has 0 saturated carbocycles. The van der Waals surface area contributed by atoms with E-state index in [0.717, 1.165) is 0 Å². The monoisotopic (exact) mass is 291 g/mol. The number of hydrogen-bond acceptors (Lipinski definition) is 6. The molecule has 0 bridgehead atoms. The molecule has 2 aromatic rings. The quantitative estimate of drug-likeness (QED) is 0.830. The minimum absolute atomic E-state index is 0.0558. The highest BCUT2D eigenvalue weighted by Gasteiger charge is 2.21. The third-order valence-electron chi connectivity index (χ3n) is 2.13. The number of aryl methyl sites for hydroxylation is 1. The normalized spacial score (nSPS) is 11.9. The van der Waals surface area contributed by atoms with Crippen LogP contribution < -0.4 is 4.72 Å². The molecule has 8 nitrogen and oxygen atoms in total. The topological polar surface area (TPSA) is 103 Å². The Kier molecular flexibility index (Phi) is 3.64.